The molecule has 0 atom stereocenters. The van der Waals surface area contributed by atoms with Crippen molar-refractivity contribution in [3.8, 4) is 17.1 Å². The molecule has 0 spiro atoms. The first-order chi connectivity index (χ1) is 14.0. The highest BCUT2D eigenvalue weighted by Gasteiger charge is 2.15. The van der Waals surface area contributed by atoms with Crippen molar-refractivity contribution in [2.24, 2.45) is 0 Å². The van der Waals surface area contributed by atoms with E-state index in [2.05, 4.69) is 15.1 Å². The molecule has 0 bridgehead atoms. The van der Waals surface area contributed by atoms with Crippen LogP contribution in [0.15, 0.2) is 53.1 Å². The monoisotopic (exact) mass is 394 g/mol. The molecule has 0 fully saturated rings. The van der Waals surface area contributed by atoms with Gasteiger partial charge in [-0.05, 0) is 30.3 Å². The molecule has 1 N–H and O–H groups in total. The van der Waals surface area contributed by atoms with Crippen molar-refractivity contribution in [3.63, 3.8) is 0 Å². The largest absolute Gasteiger partial charge is 0.497 e. The van der Waals surface area contributed by atoms with E-state index >= 15 is 0 Å². The Balaban J connectivity index is 1.43. The Kier molecular flexibility index (Phi) is 4.65. The third-order valence-corrected chi connectivity index (χ3v) is 4.18. The van der Waals surface area contributed by atoms with E-state index in [9.17, 15) is 14.9 Å². The zero-order chi connectivity index (χ0) is 20.4. The Labute approximate surface area is 163 Å². The molecule has 0 saturated carbocycles. The third kappa shape index (κ3) is 3.76. The SMILES string of the molecule is COc1ccc2cc(C(=O)OCc3nc(-c4ccc([N+](=O)[O-])cc4)no3)[nH]c2c1. The number of aromatic nitrogens is 3. The van der Waals surface area contributed by atoms with Gasteiger partial charge in [-0.25, -0.2) is 4.79 Å². The lowest BCUT2D eigenvalue weighted by Gasteiger charge is -1.99. The van der Waals surface area contributed by atoms with Crippen LogP contribution in [0.4, 0.5) is 5.69 Å². The number of hydrogen-bond acceptors (Lipinski definition) is 8. The van der Waals surface area contributed by atoms with Gasteiger partial charge in [0.1, 0.15) is 11.4 Å². The van der Waals surface area contributed by atoms with Crippen LogP contribution in [0.5, 0.6) is 5.75 Å². The van der Waals surface area contributed by atoms with Gasteiger partial charge in [-0.15, -0.1) is 0 Å². The molecular weight excluding hydrogens is 380 g/mol. The van der Waals surface area contributed by atoms with Gasteiger partial charge in [0.2, 0.25) is 5.82 Å². The second-order valence-electron chi connectivity index (χ2n) is 6.03. The van der Waals surface area contributed by atoms with Gasteiger partial charge >= 0.3 is 5.97 Å². The van der Waals surface area contributed by atoms with Gasteiger partial charge in [-0.2, -0.15) is 4.98 Å². The normalized spacial score (nSPS) is 10.8. The molecule has 2 aromatic carbocycles. The first-order valence-electron chi connectivity index (χ1n) is 8.45. The molecule has 0 aliphatic heterocycles. The number of carbonyl (C=O) groups excluding carboxylic acids is 1. The van der Waals surface area contributed by atoms with Gasteiger partial charge in [0.05, 0.1) is 12.0 Å². The van der Waals surface area contributed by atoms with Gasteiger partial charge in [-0.1, -0.05) is 5.16 Å². The zero-order valence-corrected chi connectivity index (χ0v) is 15.1. The minimum Gasteiger partial charge on any atom is -0.497 e. The summed E-state index contributed by atoms with van der Waals surface area (Å²) in [6.07, 6.45) is 0. The summed E-state index contributed by atoms with van der Waals surface area (Å²) in [7, 11) is 1.56. The number of methoxy groups -OCH3 is 1. The number of nitro benzene ring substituents is 1. The van der Waals surface area contributed by atoms with E-state index in [-0.39, 0.29) is 29.7 Å². The lowest BCUT2D eigenvalue weighted by Crippen LogP contribution is -2.05. The van der Waals surface area contributed by atoms with E-state index in [1.54, 1.807) is 25.3 Å². The van der Waals surface area contributed by atoms with Crippen LogP contribution in [0, 0.1) is 10.1 Å². The predicted octanol–water partition coefficient (Wildman–Crippen LogP) is 3.49. The number of rotatable bonds is 6. The molecule has 0 aliphatic rings. The van der Waals surface area contributed by atoms with Crippen molar-refractivity contribution in [2.45, 2.75) is 6.61 Å². The van der Waals surface area contributed by atoms with E-state index in [1.807, 2.05) is 6.07 Å². The summed E-state index contributed by atoms with van der Waals surface area (Å²) < 4.78 is 15.4. The lowest BCUT2D eigenvalue weighted by molar-refractivity contribution is -0.384. The zero-order valence-electron chi connectivity index (χ0n) is 15.1. The summed E-state index contributed by atoms with van der Waals surface area (Å²) >= 11 is 0. The van der Waals surface area contributed by atoms with Gasteiger partial charge in [0.25, 0.3) is 11.6 Å². The number of carbonyl (C=O) groups is 1. The Bertz CT molecular complexity index is 1200. The third-order valence-electron chi connectivity index (χ3n) is 4.18. The van der Waals surface area contributed by atoms with E-state index < -0.39 is 10.9 Å². The summed E-state index contributed by atoms with van der Waals surface area (Å²) in [5.74, 6) is 0.437. The number of H-pyrrole nitrogens is 1. The average molecular weight is 394 g/mol. The number of hydrogen-bond donors (Lipinski definition) is 1. The number of esters is 1. The second kappa shape index (κ2) is 7.43. The molecule has 0 radical (unpaired) electrons. The van der Waals surface area contributed by atoms with Crippen LogP contribution in [0.25, 0.3) is 22.3 Å². The van der Waals surface area contributed by atoms with Crippen molar-refractivity contribution in [1.29, 1.82) is 0 Å². The highest BCUT2D eigenvalue weighted by Crippen LogP contribution is 2.22. The second-order valence-corrected chi connectivity index (χ2v) is 6.03. The molecule has 2 aromatic heterocycles. The maximum Gasteiger partial charge on any atom is 0.355 e. The number of benzene rings is 2. The molecule has 10 nitrogen and oxygen atoms in total. The van der Waals surface area contributed by atoms with E-state index in [0.717, 1.165) is 10.9 Å². The quantitative estimate of drug-likeness (QED) is 0.298. The summed E-state index contributed by atoms with van der Waals surface area (Å²) in [5.41, 5.74) is 1.53. The van der Waals surface area contributed by atoms with E-state index in [0.29, 0.717) is 11.3 Å². The van der Waals surface area contributed by atoms with Crippen molar-refractivity contribution in [1.82, 2.24) is 15.1 Å². The maximum absolute atomic E-state index is 12.3. The predicted molar refractivity (Wildman–Crippen MR) is 100 cm³/mol. The summed E-state index contributed by atoms with van der Waals surface area (Å²) in [6.45, 7) is -0.211. The maximum atomic E-state index is 12.3. The molecule has 0 aliphatic carbocycles. The average Bonchev–Trinajstić information content (AvgIpc) is 3.38. The number of aromatic amines is 1. The lowest BCUT2D eigenvalue weighted by atomic mass is 10.2. The molecule has 0 saturated heterocycles. The highest BCUT2D eigenvalue weighted by atomic mass is 16.6. The van der Waals surface area contributed by atoms with E-state index in [4.69, 9.17) is 14.0 Å². The summed E-state index contributed by atoms with van der Waals surface area (Å²) in [4.78, 5) is 29.6. The Hall–Kier alpha value is -4.21. The summed E-state index contributed by atoms with van der Waals surface area (Å²) in [5, 5.41) is 15.3. The van der Waals surface area contributed by atoms with Gasteiger partial charge in [0.15, 0.2) is 6.61 Å². The minimum absolute atomic E-state index is 0.0395. The molecule has 0 amide bonds. The van der Waals surface area contributed by atoms with Crippen molar-refractivity contribution in [3.05, 3.63) is 70.2 Å². The fourth-order valence-corrected chi connectivity index (χ4v) is 2.71. The Morgan fingerprint density at radius 2 is 2.00 bits per heavy atom. The van der Waals surface area contributed by atoms with Crippen LogP contribution in [0.2, 0.25) is 0 Å². The standard InChI is InChI=1S/C19H14N4O6/c1-27-14-7-4-12-8-16(20-15(12)9-14)19(24)28-10-17-21-18(22-29-17)11-2-5-13(6-3-11)23(25)26/h2-9,20H,10H2,1H3. The Morgan fingerprint density at radius 1 is 1.21 bits per heavy atom. The number of nitrogens with zero attached hydrogens (tertiary/aromatic N) is 3. The number of nitrogens with one attached hydrogen (secondary N) is 1. The number of non-ortho nitro benzene ring substituents is 1. The van der Waals surface area contributed by atoms with Crippen LogP contribution in [-0.2, 0) is 11.3 Å². The van der Waals surface area contributed by atoms with Crippen LogP contribution >= 0.6 is 0 Å². The minimum atomic E-state index is -0.574. The fraction of sp³-hybridized carbons (Fsp3) is 0.105. The number of fused-ring (bicyclic) bond motifs is 1. The summed E-state index contributed by atoms with van der Waals surface area (Å²) in [6, 6.07) is 12.8. The molecule has 2 heterocycles. The molecule has 4 aromatic rings. The smallest absolute Gasteiger partial charge is 0.355 e. The van der Waals surface area contributed by atoms with Crippen molar-refractivity contribution < 1.29 is 23.7 Å². The van der Waals surface area contributed by atoms with Crippen molar-refractivity contribution in [2.75, 3.05) is 7.11 Å². The van der Waals surface area contributed by atoms with Crippen LogP contribution in [-0.4, -0.2) is 33.1 Å². The number of ether oxygens (including phenoxy) is 2. The van der Waals surface area contributed by atoms with Gasteiger partial charge in [-0.3, -0.25) is 10.1 Å². The molecule has 10 heteroatoms. The first-order valence-corrected chi connectivity index (χ1v) is 8.45. The van der Waals surface area contributed by atoms with Gasteiger partial charge in [0, 0.05) is 34.7 Å². The fourth-order valence-electron chi connectivity index (χ4n) is 2.71. The van der Waals surface area contributed by atoms with Crippen LogP contribution in [0.3, 0.4) is 0 Å². The van der Waals surface area contributed by atoms with E-state index in [1.165, 1.54) is 24.3 Å². The molecule has 146 valence electrons. The van der Waals surface area contributed by atoms with Crippen LogP contribution < -0.4 is 4.74 Å². The Morgan fingerprint density at radius 3 is 2.72 bits per heavy atom. The van der Waals surface area contributed by atoms with Crippen molar-refractivity contribution >= 4 is 22.6 Å². The molecule has 0 unspecified atom stereocenters. The first kappa shape index (κ1) is 18.2. The molecular formula is C19H14N4O6. The molecule has 4 rings (SSSR count). The number of nitro groups is 1. The highest BCUT2D eigenvalue weighted by molar-refractivity contribution is 5.95. The van der Waals surface area contributed by atoms with Crippen LogP contribution in [0.1, 0.15) is 16.4 Å². The topological polar surface area (TPSA) is 133 Å². The van der Waals surface area contributed by atoms with Gasteiger partial charge < -0.3 is 19.0 Å². The molecule has 29 heavy (non-hydrogen) atoms.